The lowest BCUT2D eigenvalue weighted by atomic mass is 10.0. The quantitative estimate of drug-likeness (QED) is 0.855. The zero-order valence-electron chi connectivity index (χ0n) is 11.5. The molecular weight excluding hydrogens is 276 g/mol. The topological polar surface area (TPSA) is 69.6 Å². The summed E-state index contributed by atoms with van der Waals surface area (Å²) in [6.07, 6.45) is 1.21. The molecule has 110 valence electrons. The zero-order chi connectivity index (χ0) is 14.5. The van der Waals surface area contributed by atoms with Gasteiger partial charge in [-0.3, -0.25) is 9.59 Å². The molecule has 2 amide bonds. The van der Waals surface area contributed by atoms with Crippen LogP contribution in [0, 0.1) is 5.92 Å². The summed E-state index contributed by atoms with van der Waals surface area (Å²) in [4.78, 5) is 26.2. The molecule has 6 heteroatoms. The van der Waals surface area contributed by atoms with Crippen molar-refractivity contribution >= 4 is 23.2 Å². The molecule has 5 nitrogen and oxygen atoms in total. The predicted molar refractivity (Wildman–Crippen MR) is 77.6 cm³/mol. The number of carbonyl (C=O) groups excluding carboxylic acids is 2. The summed E-state index contributed by atoms with van der Waals surface area (Å²) in [6.45, 7) is 3.09. The van der Waals surface area contributed by atoms with Gasteiger partial charge in [0.15, 0.2) is 0 Å². The zero-order valence-corrected chi connectivity index (χ0v) is 12.4. The van der Waals surface area contributed by atoms with Crippen LogP contribution in [0.15, 0.2) is 17.5 Å². The van der Waals surface area contributed by atoms with E-state index in [9.17, 15) is 14.7 Å². The SMILES string of the molecule is CC1CCN(C(=O)CCNC(=O)c2cccs2)C1CO. The molecule has 0 saturated carbocycles. The smallest absolute Gasteiger partial charge is 0.261 e. The Balaban J connectivity index is 1.77. The van der Waals surface area contributed by atoms with Gasteiger partial charge in [-0.2, -0.15) is 0 Å². The molecule has 0 radical (unpaired) electrons. The second-order valence-electron chi connectivity index (χ2n) is 5.09. The highest BCUT2D eigenvalue weighted by atomic mass is 32.1. The van der Waals surface area contributed by atoms with E-state index < -0.39 is 0 Å². The number of aliphatic hydroxyl groups is 1. The fourth-order valence-corrected chi connectivity index (χ4v) is 3.16. The van der Waals surface area contributed by atoms with Crippen molar-refractivity contribution in [2.45, 2.75) is 25.8 Å². The van der Waals surface area contributed by atoms with Crippen molar-refractivity contribution in [2.75, 3.05) is 19.7 Å². The maximum Gasteiger partial charge on any atom is 0.261 e. The summed E-state index contributed by atoms with van der Waals surface area (Å²) in [5.41, 5.74) is 0. The Morgan fingerprint density at radius 3 is 3.00 bits per heavy atom. The first-order chi connectivity index (χ1) is 9.63. The van der Waals surface area contributed by atoms with Crippen LogP contribution < -0.4 is 5.32 Å². The molecule has 0 spiro atoms. The van der Waals surface area contributed by atoms with Crippen LogP contribution >= 0.6 is 11.3 Å². The summed E-state index contributed by atoms with van der Waals surface area (Å²) in [6, 6.07) is 3.50. The van der Waals surface area contributed by atoms with Crippen molar-refractivity contribution in [1.82, 2.24) is 10.2 Å². The number of nitrogens with zero attached hydrogens (tertiary/aromatic N) is 1. The first kappa shape index (κ1) is 15.0. The fourth-order valence-electron chi connectivity index (χ4n) is 2.52. The first-order valence-electron chi connectivity index (χ1n) is 6.85. The van der Waals surface area contributed by atoms with E-state index in [2.05, 4.69) is 5.32 Å². The fraction of sp³-hybridized carbons (Fsp3) is 0.571. The Morgan fingerprint density at radius 2 is 2.35 bits per heavy atom. The number of hydrogen-bond acceptors (Lipinski definition) is 4. The number of nitrogens with one attached hydrogen (secondary N) is 1. The van der Waals surface area contributed by atoms with Crippen molar-refractivity contribution in [1.29, 1.82) is 0 Å². The van der Waals surface area contributed by atoms with Gasteiger partial charge in [0.25, 0.3) is 5.91 Å². The van der Waals surface area contributed by atoms with Gasteiger partial charge in [-0.1, -0.05) is 13.0 Å². The lowest BCUT2D eigenvalue weighted by Gasteiger charge is -2.25. The van der Waals surface area contributed by atoms with Gasteiger partial charge in [0.1, 0.15) is 0 Å². The average Bonchev–Trinajstić information content (AvgIpc) is 3.07. The highest BCUT2D eigenvalue weighted by molar-refractivity contribution is 7.12. The molecule has 2 atom stereocenters. The normalized spacial score (nSPS) is 22.0. The molecule has 2 heterocycles. The standard InChI is InChI=1S/C14H20N2O3S/c1-10-5-7-16(11(10)9-17)13(18)4-6-15-14(19)12-3-2-8-20-12/h2-3,8,10-11,17H,4-7,9H2,1H3,(H,15,19). The molecule has 1 fully saturated rings. The minimum absolute atomic E-state index is 0.000111. The second kappa shape index (κ2) is 6.85. The third-order valence-corrected chi connectivity index (χ3v) is 4.63. The number of hydrogen-bond donors (Lipinski definition) is 2. The van der Waals surface area contributed by atoms with Gasteiger partial charge in [-0.25, -0.2) is 0 Å². The molecule has 2 rings (SSSR count). The number of thiophene rings is 1. The van der Waals surface area contributed by atoms with Crippen LogP contribution in [-0.4, -0.2) is 47.6 Å². The average molecular weight is 296 g/mol. The summed E-state index contributed by atoms with van der Waals surface area (Å²) in [5.74, 6) is 0.200. The van der Waals surface area contributed by atoms with Crippen molar-refractivity contribution in [3.8, 4) is 0 Å². The number of carbonyl (C=O) groups is 2. The predicted octanol–water partition coefficient (Wildman–Crippen LogP) is 1.10. The molecule has 1 aliphatic rings. The summed E-state index contributed by atoms with van der Waals surface area (Å²) < 4.78 is 0. The Bertz CT molecular complexity index is 461. The summed E-state index contributed by atoms with van der Waals surface area (Å²) >= 11 is 1.38. The lowest BCUT2D eigenvalue weighted by molar-refractivity contribution is -0.132. The van der Waals surface area contributed by atoms with E-state index in [1.54, 1.807) is 11.0 Å². The Morgan fingerprint density at radius 1 is 1.55 bits per heavy atom. The van der Waals surface area contributed by atoms with Gasteiger partial charge in [0, 0.05) is 19.5 Å². The van der Waals surface area contributed by atoms with E-state index in [1.807, 2.05) is 18.4 Å². The van der Waals surface area contributed by atoms with Gasteiger partial charge in [-0.15, -0.1) is 11.3 Å². The van der Waals surface area contributed by atoms with Crippen LogP contribution in [0.3, 0.4) is 0 Å². The van der Waals surface area contributed by atoms with Crippen molar-refractivity contribution in [3.05, 3.63) is 22.4 Å². The van der Waals surface area contributed by atoms with E-state index in [4.69, 9.17) is 0 Å². The van der Waals surface area contributed by atoms with Gasteiger partial charge in [0.2, 0.25) is 5.91 Å². The van der Waals surface area contributed by atoms with Gasteiger partial charge in [0.05, 0.1) is 17.5 Å². The molecule has 20 heavy (non-hydrogen) atoms. The summed E-state index contributed by atoms with van der Waals surface area (Å²) in [7, 11) is 0. The number of likely N-dealkylation sites (tertiary alicyclic amines) is 1. The van der Waals surface area contributed by atoms with Crippen LogP contribution in [0.1, 0.15) is 29.4 Å². The van der Waals surface area contributed by atoms with E-state index >= 15 is 0 Å². The van der Waals surface area contributed by atoms with E-state index in [-0.39, 0.29) is 30.9 Å². The Labute approximate surface area is 122 Å². The highest BCUT2D eigenvalue weighted by Gasteiger charge is 2.33. The highest BCUT2D eigenvalue weighted by Crippen LogP contribution is 2.23. The van der Waals surface area contributed by atoms with E-state index in [0.717, 1.165) is 6.42 Å². The summed E-state index contributed by atoms with van der Waals surface area (Å²) in [5, 5.41) is 13.9. The third-order valence-electron chi connectivity index (χ3n) is 3.76. The van der Waals surface area contributed by atoms with Crippen molar-refractivity contribution in [2.24, 2.45) is 5.92 Å². The van der Waals surface area contributed by atoms with Gasteiger partial charge >= 0.3 is 0 Å². The van der Waals surface area contributed by atoms with Crippen molar-refractivity contribution in [3.63, 3.8) is 0 Å². The molecule has 0 aromatic carbocycles. The number of amides is 2. The molecule has 1 aromatic heterocycles. The minimum atomic E-state index is -0.138. The number of aliphatic hydroxyl groups excluding tert-OH is 1. The van der Waals surface area contributed by atoms with Crippen LogP contribution in [-0.2, 0) is 4.79 Å². The molecule has 2 unspecified atom stereocenters. The van der Waals surface area contributed by atoms with Crippen LogP contribution in [0.4, 0.5) is 0 Å². The van der Waals surface area contributed by atoms with Crippen molar-refractivity contribution < 1.29 is 14.7 Å². The Kier molecular flexibility index (Phi) is 5.14. The molecule has 0 bridgehead atoms. The third kappa shape index (κ3) is 3.37. The Hall–Kier alpha value is -1.40. The lowest BCUT2D eigenvalue weighted by Crippen LogP contribution is -2.41. The molecule has 2 N–H and O–H groups in total. The van der Waals surface area contributed by atoms with E-state index in [1.165, 1.54) is 11.3 Å². The molecule has 1 saturated heterocycles. The minimum Gasteiger partial charge on any atom is -0.394 e. The van der Waals surface area contributed by atoms with Gasteiger partial charge in [-0.05, 0) is 23.8 Å². The maximum atomic E-state index is 12.1. The molecule has 1 aromatic rings. The first-order valence-corrected chi connectivity index (χ1v) is 7.73. The van der Waals surface area contributed by atoms with Gasteiger partial charge < -0.3 is 15.3 Å². The largest absolute Gasteiger partial charge is 0.394 e. The van der Waals surface area contributed by atoms with E-state index in [0.29, 0.717) is 23.9 Å². The second-order valence-corrected chi connectivity index (χ2v) is 6.03. The van der Waals surface area contributed by atoms with Crippen LogP contribution in [0.5, 0.6) is 0 Å². The number of rotatable bonds is 5. The van der Waals surface area contributed by atoms with Crippen LogP contribution in [0.25, 0.3) is 0 Å². The monoisotopic (exact) mass is 296 g/mol. The van der Waals surface area contributed by atoms with Crippen LogP contribution in [0.2, 0.25) is 0 Å². The molecule has 1 aliphatic heterocycles. The molecular formula is C14H20N2O3S. The molecule has 0 aliphatic carbocycles. The maximum absolute atomic E-state index is 12.1.